The molecule has 5 aliphatic carbocycles. The van der Waals surface area contributed by atoms with Gasteiger partial charge in [0.2, 0.25) is 0 Å². The third-order valence-corrected chi connectivity index (χ3v) is 11.2. The molecule has 104 heavy (non-hydrogen) atoms. The Morgan fingerprint density at radius 2 is 0.654 bits per heavy atom. The molecule has 29 N–H and O–H groups in total. The summed E-state index contributed by atoms with van der Waals surface area (Å²) in [6, 6.07) is 17.8. The van der Waals surface area contributed by atoms with Crippen LogP contribution in [-0.2, 0) is 193 Å². The Morgan fingerprint density at radius 3 is 0.740 bits per heavy atom. The number of hydrogen-bond donors (Lipinski definition) is 4. The van der Waals surface area contributed by atoms with Crippen molar-refractivity contribution in [2.45, 2.75) is 172 Å². The smallest absolute Gasteiger partial charge is 0.693 e. The molecule has 0 aromatic carbocycles. The van der Waals surface area contributed by atoms with Crippen LogP contribution in [0.2, 0.25) is 0 Å². The van der Waals surface area contributed by atoms with Crippen LogP contribution in [0.3, 0.4) is 0 Å². The first kappa shape index (κ1) is 165. The fraction of sp³-hybridized carbons (Fsp3) is 0.608. The Kier molecular flexibility index (Phi) is 234. The zero-order valence-corrected chi connectivity index (χ0v) is 90.0. The molecule has 0 amide bonds. The summed E-state index contributed by atoms with van der Waals surface area (Å²) in [6.45, 7) is 6.34. The minimum absolute atomic E-state index is 0. The maximum Gasteiger partial charge on any atom is 2.00 e. The van der Waals surface area contributed by atoms with E-state index in [9.17, 15) is 9.59 Å². The van der Waals surface area contributed by atoms with Crippen LogP contribution in [0.5, 0.6) is 0 Å². The Balaban J connectivity index is -0.0000000372. The van der Waals surface area contributed by atoms with Crippen LogP contribution in [0, 0.1) is 25.2 Å². The van der Waals surface area contributed by atoms with Crippen LogP contribution in [0.25, 0.3) is 95.5 Å². The van der Waals surface area contributed by atoms with Crippen molar-refractivity contribution in [2.75, 3.05) is 13.1 Å². The van der Waals surface area contributed by atoms with Crippen LogP contribution < -0.4 is 0 Å². The van der Waals surface area contributed by atoms with Gasteiger partial charge in [0.1, 0.15) is 0 Å². The number of carbonyl (C=O) groups is 4. The van der Waals surface area contributed by atoms with E-state index in [-0.39, 0.29) is 154 Å². The number of rotatable bonds is 3. The summed E-state index contributed by atoms with van der Waals surface area (Å²) in [7, 11) is 78.0. The molecule has 0 bridgehead atoms. The first-order valence-corrected chi connectivity index (χ1v) is 71.1. The van der Waals surface area contributed by atoms with Crippen molar-refractivity contribution < 1.29 is 214 Å². The predicted octanol–water partition coefficient (Wildman–Crippen LogP) is 31.2. The number of aromatic nitrogens is 3. The number of halogens is 16. The number of aryl methyl sites for hydroxylation is 1. The molecule has 3 unspecified atom stereocenters. The molecule has 5 saturated carbocycles. The van der Waals surface area contributed by atoms with E-state index in [1.54, 1.807) is 31.0 Å². The molecule has 53 heteroatoms. The van der Waals surface area contributed by atoms with Crippen LogP contribution in [0.15, 0.2) is 85.6 Å². The molecule has 0 spiro atoms. The van der Waals surface area contributed by atoms with Crippen LogP contribution in [0.1, 0.15) is 141 Å². The molecule has 27 nitrogen and oxygen atoms in total. The van der Waals surface area contributed by atoms with Crippen molar-refractivity contribution in [1.29, 1.82) is 0 Å². The van der Waals surface area contributed by atoms with E-state index in [1.807, 2.05) is 61.5 Å². The van der Waals surface area contributed by atoms with Crippen molar-refractivity contribution in [3.8, 4) is 0 Å². The van der Waals surface area contributed by atoms with E-state index in [1.165, 1.54) is 70.6 Å². The van der Waals surface area contributed by atoms with Gasteiger partial charge in [-0.1, -0.05) is 134 Å². The Labute approximate surface area is 781 Å². The number of nitrogens with two attached hydrogens (primary N) is 9. The SMILES string of the molecule is Cc1ccccn1.O=C(O)C(=O)O.O=C(O)C1(C(=O)O)CCC1.[CH2-][C@@H]1CCCCC1[NH-].[Cl][Pt+2][Cl].[Cl][Pt+2][Cl].[Cl][Pt+2][Cl].[Cl][Pt+2][Cl].[Cl][Pt+2][Cl].[Cl][Pt+2][Cl].[Cl][Pt][Cl].[Cl][Pt][Cl].[NH-]C1CCCCC1.[NH-]C1CCCCC1.[NH-]C1CCCCC1[NH-].[NH-]CC[NH-].[NH2-].[NH2-].[NH2-].[NH2-].[NH2-].[NH2-].[NH2-].[NH2-].[NH2-].[Pt+2].[Pt+2].c1ccncc1.c1ccncc1. The molecule has 8 rings (SSSR count). The Bertz CT molecular complexity index is 1710. The van der Waals surface area contributed by atoms with E-state index in [2.05, 4.69) is 21.9 Å². The van der Waals surface area contributed by atoms with Gasteiger partial charge >= 0.3 is 349 Å². The largest absolute Gasteiger partial charge is 2.00 e. The van der Waals surface area contributed by atoms with E-state index < -0.39 is 161 Å². The van der Waals surface area contributed by atoms with Gasteiger partial charge in [0.25, 0.3) is 0 Å². The number of carboxylic acids is 4. The molecule has 0 saturated heterocycles. The summed E-state index contributed by atoms with van der Waals surface area (Å²) in [4.78, 5) is 50.5. The van der Waals surface area contributed by atoms with Crippen molar-refractivity contribution in [3.63, 3.8) is 0 Å². The number of pyridine rings is 3. The zero-order valence-electron chi connectivity index (χ0n) is 55.2. The van der Waals surface area contributed by atoms with Crippen molar-refractivity contribution >= 4 is 175 Å². The number of hydrogen-bond acceptors (Lipinski definition) is 7. The molecule has 5 fully saturated rings. The average molecular weight is 3630 g/mol. The first-order valence-electron chi connectivity index (χ1n) is 26.0. The van der Waals surface area contributed by atoms with Gasteiger partial charge in [-0.25, -0.2) is 9.59 Å². The average Bonchev–Trinajstić information content (AvgIpc) is 0.794. The van der Waals surface area contributed by atoms with E-state index in [0.717, 1.165) is 50.6 Å². The molecule has 4 atom stereocenters. The molecule has 3 heterocycles. The first-order chi connectivity index (χ1) is 44.3. The summed E-state index contributed by atoms with van der Waals surface area (Å²) in [5.41, 5.74) is 48.7. The predicted molar refractivity (Wildman–Crippen MR) is 416 cm³/mol. The molecular weight excluding hydrogens is 3520 g/mol. The van der Waals surface area contributed by atoms with Gasteiger partial charge in [-0.15, -0.1) is 12.1 Å². The molecule has 3 aromatic rings. The second kappa shape index (κ2) is 147. The fourth-order valence-corrected chi connectivity index (χ4v) is 6.67. The summed E-state index contributed by atoms with van der Waals surface area (Å²) >= 11 is -3.78. The minimum Gasteiger partial charge on any atom is -0.693 e. The molecule has 0 radical (unpaired) electrons. The summed E-state index contributed by atoms with van der Waals surface area (Å²) in [5.74, 6) is -5.63. The van der Waals surface area contributed by atoms with Gasteiger partial charge in [0.05, 0.1) is 0 Å². The number of nitrogens with one attached hydrogen (secondary N) is 7. The van der Waals surface area contributed by atoms with Gasteiger partial charge < -0.3 is 123 Å². The summed E-state index contributed by atoms with van der Waals surface area (Å²) in [5, 5.41) is 31.7. The normalized spacial score (nSPS) is 15.5. The number of aliphatic carboxylic acids is 4. The van der Waals surface area contributed by atoms with Crippen molar-refractivity contribution in [2.24, 2.45) is 11.3 Å². The number of carboxylic acid groups (broad SMARTS) is 4. The fourth-order valence-electron chi connectivity index (χ4n) is 6.67. The second-order valence-corrected chi connectivity index (χ2v) is 43.6. The van der Waals surface area contributed by atoms with E-state index >= 15 is 0 Å². The van der Waals surface area contributed by atoms with Crippen LogP contribution >= 0.6 is 151 Å². The molecule has 660 valence electrons. The van der Waals surface area contributed by atoms with Gasteiger partial charge in [-0.05, 0) is 62.6 Å². The van der Waals surface area contributed by atoms with Gasteiger partial charge in [-0.3, -0.25) is 24.5 Å². The second-order valence-electron chi connectivity index (χ2n) is 17.4. The topological polar surface area (TPSA) is 656 Å². The maximum absolute atomic E-state index is 10.4. The molecule has 5 aliphatic rings. The molecular formula is C51H100Cl16N19O8Pt10-. The zero-order chi connectivity index (χ0) is 73.8. The third-order valence-electron chi connectivity index (χ3n) is 11.2. The van der Waals surface area contributed by atoms with Crippen molar-refractivity contribution in [3.05, 3.63) is 194 Å². The maximum atomic E-state index is 10.4. The van der Waals surface area contributed by atoms with Gasteiger partial charge in [0, 0.05) is 36.7 Å². The minimum atomic E-state index is -1.82. The standard InChI is InChI=1S/C7H13N.C6H12N2.C6H7N.2C6H12N.C6H8O4.2C5H5N.C2H6N2.C2H2O4.16ClH.9H2N.10Pt/c1-6-4-2-3-5-7(6)8;7-5-3-1-2-4-6(5)8;1-6-4-2-3-5-7-6;2*7-6-4-2-1-3-5-6;7-4(8)6(5(9)10)2-1-3-6;2*1-2-4-6-5-3-1;3-1-2-4;3-1(4)2(5)6;;;;;;;;;;;;;;;;;;;;;;;;;;;;;;;;;;;/h6-8H,1-5H2;5-8H,1-4H2;2-5H,1H3;2*6-7H,1-5H2;1-3H2,(H,7,8)(H,9,10);2*1-5H;3-4H,1-2H2;(H,3,4)(H,5,6);16*1H;9*1H2;;;;;;;;;;/q2*-2;;2*-1;;;;-2;;;;;;;;;;;;;;;;;;9*-1;4*+2;6*+4/p-16/t6-,7?;;;;;;;;;;;;;;;;;;;;;;;;;;;;;;;;;;;;;;;;;;;;/m1............................................/s1. The Morgan fingerprint density at radius 1 is 0.423 bits per heavy atom. The van der Waals surface area contributed by atoms with Gasteiger partial charge in [-0.2, -0.15) is 37.1 Å². The van der Waals surface area contributed by atoms with E-state index in [0.29, 0.717) is 12.3 Å². The monoisotopic (exact) mass is 3620 g/mol. The molecule has 0 aliphatic heterocycles. The van der Waals surface area contributed by atoms with Crippen molar-refractivity contribution in [1.82, 2.24) is 15.0 Å². The van der Waals surface area contributed by atoms with Crippen LogP contribution in [0.4, 0.5) is 0 Å². The Hall–Kier alpha value is 6.21. The summed E-state index contributed by atoms with van der Waals surface area (Å²) in [6.07, 6.45) is 31.6. The van der Waals surface area contributed by atoms with Gasteiger partial charge in [0.15, 0.2) is 5.41 Å². The third kappa shape index (κ3) is 156. The molecule has 3 aromatic heterocycles. The quantitative estimate of drug-likeness (QED) is 0.108. The van der Waals surface area contributed by atoms with E-state index in [4.69, 9.17) is 221 Å². The summed E-state index contributed by atoms with van der Waals surface area (Å²) < 4.78 is 0. The number of nitrogens with zero attached hydrogens (tertiary/aromatic N) is 3. The van der Waals surface area contributed by atoms with Crippen LogP contribution in [-0.4, -0.2) is 103 Å².